The van der Waals surface area contributed by atoms with Gasteiger partial charge in [0.15, 0.2) is 4.77 Å². The summed E-state index contributed by atoms with van der Waals surface area (Å²) in [5.74, 6) is 0.579. The van der Waals surface area contributed by atoms with Crippen LogP contribution in [0.5, 0.6) is 0 Å². The zero-order valence-electron chi connectivity index (χ0n) is 9.76. The van der Waals surface area contributed by atoms with Crippen LogP contribution in [0.4, 0.5) is 0 Å². The minimum Gasteiger partial charge on any atom is -0.331 e. The normalized spacial score (nSPS) is 13.2. The number of rotatable bonds is 3. The number of nitrogens with zero attached hydrogens (tertiary/aromatic N) is 1. The van der Waals surface area contributed by atoms with E-state index < -0.39 is 0 Å². The van der Waals surface area contributed by atoms with Crippen LogP contribution in [0, 0.1) is 10.7 Å². The lowest BCUT2D eigenvalue weighted by Crippen LogP contribution is -2.06. The molecule has 0 amide bonds. The van der Waals surface area contributed by atoms with Crippen molar-refractivity contribution in [2.75, 3.05) is 0 Å². The number of aromatic amines is 1. The average molecular weight is 289 g/mol. The topological polar surface area (TPSA) is 20.7 Å². The number of fused-ring (bicyclic) bond motifs is 1. The molecule has 2 rings (SSSR count). The summed E-state index contributed by atoms with van der Waals surface area (Å²) in [7, 11) is 0. The van der Waals surface area contributed by atoms with Gasteiger partial charge in [-0.25, -0.2) is 0 Å². The first kappa shape index (κ1) is 12.9. The monoisotopic (exact) mass is 288 g/mol. The van der Waals surface area contributed by atoms with Gasteiger partial charge in [-0.3, -0.25) is 0 Å². The van der Waals surface area contributed by atoms with Crippen LogP contribution in [-0.4, -0.2) is 9.55 Å². The maximum atomic E-state index is 6.05. The molecule has 92 valence electrons. The van der Waals surface area contributed by atoms with Gasteiger partial charge >= 0.3 is 0 Å². The Labute approximate surface area is 116 Å². The molecule has 0 radical (unpaired) electrons. The molecule has 17 heavy (non-hydrogen) atoms. The SMILES string of the molecule is CCC(C)Cn1c(=S)[nH]c2cc(Cl)c(Cl)cc21. The summed E-state index contributed by atoms with van der Waals surface area (Å²) < 4.78 is 2.81. The molecular weight excluding hydrogens is 275 g/mol. The maximum Gasteiger partial charge on any atom is 0.178 e. The molecule has 0 fully saturated rings. The molecule has 0 spiro atoms. The summed E-state index contributed by atoms with van der Waals surface area (Å²) in [6.07, 6.45) is 1.12. The summed E-state index contributed by atoms with van der Waals surface area (Å²) >= 11 is 17.4. The van der Waals surface area contributed by atoms with Crippen LogP contribution in [-0.2, 0) is 6.54 Å². The first-order valence-electron chi connectivity index (χ1n) is 5.60. The Morgan fingerprint density at radius 2 is 2.00 bits per heavy atom. The van der Waals surface area contributed by atoms with Gasteiger partial charge in [-0.2, -0.15) is 0 Å². The van der Waals surface area contributed by atoms with E-state index in [1.807, 2.05) is 12.1 Å². The predicted molar refractivity (Wildman–Crippen MR) is 76.6 cm³/mol. The van der Waals surface area contributed by atoms with Crippen molar-refractivity contribution in [3.05, 3.63) is 26.9 Å². The highest BCUT2D eigenvalue weighted by Gasteiger charge is 2.10. The largest absolute Gasteiger partial charge is 0.331 e. The number of aromatic nitrogens is 2. The summed E-state index contributed by atoms with van der Waals surface area (Å²) in [4.78, 5) is 3.16. The predicted octanol–water partition coefficient (Wildman–Crippen LogP) is 5.05. The fourth-order valence-electron chi connectivity index (χ4n) is 1.77. The standard InChI is InChI=1S/C12H14Cl2N2S/c1-3-7(2)6-16-11-5-9(14)8(13)4-10(11)15-12(16)17/h4-5,7H,3,6H2,1-2H3,(H,15,17). The number of benzene rings is 1. The Balaban J connectivity index is 2.58. The van der Waals surface area contributed by atoms with E-state index in [4.69, 9.17) is 35.4 Å². The van der Waals surface area contributed by atoms with Gasteiger partial charge in [0.05, 0.1) is 21.1 Å². The zero-order chi connectivity index (χ0) is 12.6. The molecule has 2 nitrogen and oxygen atoms in total. The Morgan fingerprint density at radius 3 is 2.65 bits per heavy atom. The maximum absolute atomic E-state index is 6.05. The first-order chi connectivity index (χ1) is 8.02. The summed E-state index contributed by atoms with van der Waals surface area (Å²) in [5.41, 5.74) is 1.96. The van der Waals surface area contributed by atoms with Crippen molar-refractivity contribution in [1.82, 2.24) is 9.55 Å². The molecule has 1 unspecified atom stereocenters. The van der Waals surface area contributed by atoms with Crippen molar-refractivity contribution in [2.45, 2.75) is 26.8 Å². The molecule has 0 aliphatic rings. The van der Waals surface area contributed by atoms with Crippen molar-refractivity contribution in [3.8, 4) is 0 Å². The third-order valence-electron chi connectivity index (χ3n) is 3.01. The van der Waals surface area contributed by atoms with Crippen molar-refractivity contribution in [1.29, 1.82) is 0 Å². The minimum atomic E-state index is 0.547. The molecule has 0 aliphatic carbocycles. The van der Waals surface area contributed by atoms with Gasteiger partial charge in [0.25, 0.3) is 0 Å². The number of halogens is 2. The number of hydrogen-bond acceptors (Lipinski definition) is 1. The molecule has 1 N–H and O–H groups in total. The first-order valence-corrected chi connectivity index (χ1v) is 6.77. The van der Waals surface area contributed by atoms with Crippen molar-refractivity contribution >= 4 is 46.5 Å². The van der Waals surface area contributed by atoms with Gasteiger partial charge in [0.1, 0.15) is 0 Å². The van der Waals surface area contributed by atoms with E-state index in [9.17, 15) is 0 Å². The molecule has 1 heterocycles. The molecule has 0 aliphatic heterocycles. The quantitative estimate of drug-likeness (QED) is 0.784. The van der Waals surface area contributed by atoms with Crippen LogP contribution in [0.2, 0.25) is 10.0 Å². The van der Waals surface area contributed by atoms with Gasteiger partial charge in [-0.1, -0.05) is 43.5 Å². The molecule has 1 aromatic carbocycles. The third kappa shape index (κ3) is 2.51. The van der Waals surface area contributed by atoms with Crippen LogP contribution in [0.25, 0.3) is 11.0 Å². The second-order valence-electron chi connectivity index (χ2n) is 4.34. The molecule has 5 heteroatoms. The van der Waals surface area contributed by atoms with Gasteiger partial charge in [0, 0.05) is 6.54 Å². The fourth-order valence-corrected chi connectivity index (χ4v) is 2.38. The number of hydrogen-bond donors (Lipinski definition) is 1. The summed E-state index contributed by atoms with van der Waals surface area (Å²) in [6.45, 7) is 5.28. The van der Waals surface area contributed by atoms with E-state index in [0.717, 1.165) is 28.8 Å². The zero-order valence-corrected chi connectivity index (χ0v) is 12.1. The third-order valence-corrected chi connectivity index (χ3v) is 4.05. The van der Waals surface area contributed by atoms with Crippen LogP contribution in [0.1, 0.15) is 20.3 Å². The Hall–Kier alpha value is -0.510. The van der Waals surface area contributed by atoms with Crippen molar-refractivity contribution < 1.29 is 0 Å². The highest BCUT2D eigenvalue weighted by molar-refractivity contribution is 7.71. The molecule has 1 aromatic heterocycles. The van der Waals surface area contributed by atoms with Crippen LogP contribution in [0.3, 0.4) is 0 Å². The van der Waals surface area contributed by atoms with Gasteiger partial charge in [-0.15, -0.1) is 0 Å². The van der Waals surface area contributed by atoms with E-state index in [-0.39, 0.29) is 0 Å². The van der Waals surface area contributed by atoms with E-state index in [1.54, 1.807) is 0 Å². The Bertz CT molecular complexity index is 600. The van der Waals surface area contributed by atoms with Crippen molar-refractivity contribution in [3.63, 3.8) is 0 Å². The highest BCUT2D eigenvalue weighted by atomic mass is 35.5. The van der Waals surface area contributed by atoms with Gasteiger partial charge in [0.2, 0.25) is 0 Å². The second-order valence-corrected chi connectivity index (χ2v) is 5.54. The molecule has 0 bridgehead atoms. The lowest BCUT2D eigenvalue weighted by Gasteiger charge is -2.10. The van der Waals surface area contributed by atoms with E-state index in [2.05, 4.69) is 23.4 Å². The summed E-state index contributed by atoms with van der Waals surface area (Å²) in [5, 5.41) is 1.11. The lowest BCUT2D eigenvalue weighted by atomic mass is 10.1. The molecular formula is C12H14Cl2N2S. The summed E-state index contributed by atoms with van der Waals surface area (Å²) in [6, 6.07) is 3.69. The molecule has 0 saturated carbocycles. The highest BCUT2D eigenvalue weighted by Crippen LogP contribution is 2.28. The van der Waals surface area contributed by atoms with E-state index in [1.165, 1.54) is 0 Å². The Kier molecular flexibility index (Phi) is 3.81. The van der Waals surface area contributed by atoms with Gasteiger partial charge < -0.3 is 9.55 Å². The smallest absolute Gasteiger partial charge is 0.178 e. The van der Waals surface area contributed by atoms with Crippen LogP contribution < -0.4 is 0 Å². The number of nitrogens with one attached hydrogen (secondary N) is 1. The van der Waals surface area contributed by atoms with Crippen LogP contribution >= 0.6 is 35.4 Å². The Morgan fingerprint density at radius 1 is 1.35 bits per heavy atom. The van der Waals surface area contributed by atoms with E-state index in [0.29, 0.717) is 16.0 Å². The fraction of sp³-hybridized carbons (Fsp3) is 0.417. The van der Waals surface area contributed by atoms with Gasteiger partial charge in [-0.05, 0) is 30.3 Å². The average Bonchev–Trinajstić information content (AvgIpc) is 2.56. The lowest BCUT2D eigenvalue weighted by molar-refractivity contribution is 0.473. The molecule has 2 aromatic rings. The number of H-pyrrole nitrogens is 1. The van der Waals surface area contributed by atoms with Crippen molar-refractivity contribution in [2.24, 2.45) is 5.92 Å². The second kappa shape index (κ2) is 5.01. The van der Waals surface area contributed by atoms with Crippen LogP contribution in [0.15, 0.2) is 12.1 Å². The molecule has 0 saturated heterocycles. The van der Waals surface area contributed by atoms with E-state index >= 15 is 0 Å². The minimum absolute atomic E-state index is 0.547. The number of imidazole rings is 1. The molecule has 1 atom stereocenters.